The quantitative estimate of drug-likeness (QED) is 0.491. The molecule has 8 nitrogen and oxygen atoms in total. The van der Waals surface area contributed by atoms with Crippen LogP contribution >= 0.6 is 15.9 Å². The van der Waals surface area contributed by atoms with Crippen molar-refractivity contribution >= 4 is 33.6 Å². The summed E-state index contributed by atoms with van der Waals surface area (Å²) in [6, 6.07) is 15.4. The topological polar surface area (TPSA) is 102 Å². The molecular formula is C24H24BrN5O3. The zero-order valence-electron chi connectivity index (χ0n) is 18.0. The highest BCUT2D eigenvalue weighted by molar-refractivity contribution is 9.10. The van der Waals surface area contributed by atoms with Crippen molar-refractivity contribution in [3.05, 3.63) is 82.2 Å². The Morgan fingerprint density at radius 1 is 1.00 bits per heavy atom. The summed E-state index contributed by atoms with van der Waals surface area (Å²) in [6.45, 7) is 2.96. The van der Waals surface area contributed by atoms with Gasteiger partial charge in [0.1, 0.15) is 22.8 Å². The zero-order chi connectivity index (χ0) is 23.2. The standard InChI is InChI=1S/C24H24BrN5O3/c25-23-20(19(24(26)32)8-9-27-23)14-22(31)30-12-10-29(11-13-30)21-7-6-18(15-28-21)33-16-17-4-2-1-3-5-17/h1-9,15H,10-14,16H2,(H2,26,32). The van der Waals surface area contributed by atoms with Crippen molar-refractivity contribution in [2.45, 2.75) is 13.0 Å². The van der Waals surface area contributed by atoms with Gasteiger partial charge in [-0.25, -0.2) is 9.97 Å². The number of benzene rings is 1. The van der Waals surface area contributed by atoms with Crippen molar-refractivity contribution in [2.75, 3.05) is 31.1 Å². The third kappa shape index (κ3) is 5.67. The predicted octanol–water partition coefficient (Wildman–Crippen LogP) is 2.81. The van der Waals surface area contributed by atoms with Crippen LogP contribution in [0.2, 0.25) is 0 Å². The number of carbonyl (C=O) groups is 2. The number of primary amides is 1. The molecule has 3 heterocycles. The lowest BCUT2D eigenvalue weighted by Crippen LogP contribution is -2.49. The number of amides is 2. The number of aromatic nitrogens is 2. The molecular weight excluding hydrogens is 486 g/mol. The molecule has 0 radical (unpaired) electrons. The number of rotatable bonds is 7. The molecule has 1 saturated heterocycles. The fourth-order valence-corrected chi connectivity index (χ4v) is 4.17. The van der Waals surface area contributed by atoms with E-state index in [4.69, 9.17) is 10.5 Å². The van der Waals surface area contributed by atoms with Crippen molar-refractivity contribution in [3.8, 4) is 5.75 Å². The molecule has 2 N–H and O–H groups in total. The summed E-state index contributed by atoms with van der Waals surface area (Å²) < 4.78 is 6.26. The summed E-state index contributed by atoms with van der Waals surface area (Å²) in [5.41, 5.74) is 7.37. The van der Waals surface area contributed by atoms with Crippen LogP contribution in [0.15, 0.2) is 65.5 Å². The van der Waals surface area contributed by atoms with Gasteiger partial charge < -0.3 is 20.3 Å². The highest BCUT2D eigenvalue weighted by Gasteiger charge is 2.24. The van der Waals surface area contributed by atoms with Crippen LogP contribution in [0.3, 0.4) is 0 Å². The fourth-order valence-electron chi connectivity index (χ4n) is 3.70. The molecule has 33 heavy (non-hydrogen) atoms. The number of halogens is 1. The number of nitrogens with zero attached hydrogens (tertiary/aromatic N) is 4. The Bertz CT molecular complexity index is 1120. The van der Waals surface area contributed by atoms with Crippen LogP contribution in [0.4, 0.5) is 5.82 Å². The molecule has 170 valence electrons. The minimum atomic E-state index is -0.576. The smallest absolute Gasteiger partial charge is 0.249 e. The van der Waals surface area contributed by atoms with E-state index in [-0.39, 0.29) is 12.3 Å². The maximum atomic E-state index is 12.8. The maximum Gasteiger partial charge on any atom is 0.249 e. The third-order valence-corrected chi connectivity index (χ3v) is 6.21. The number of carbonyl (C=O) groups excluding carboxylic acids is 2. The number of nitrogens with two attached hydrogens (primary N) is 1. The second-order valence-corrected chi connectivity index (χ2v) is 8.41. The Labute approximate surface area is 200 Å². The molecule has 0 bridgehead atoms. The Morgan fingerprint density at radius 2 is 1.76 bits per heavy atom. The number of hydrogen-bond acceptors (Lipinski definition) is 6. The van der Waals surface area contributed by atoms with E-state index >= 15 is 0 Å². The second-order valence-electron chi connectivity index (χ2n) is 7.66. The number of ether oxygens (including phenoxy) is 1. The van der Waals surface area contributed by atoms with Gasteiger partial charge in [-0.2, -0.15) is 0 Å². The van der Waals surface area contributed by atoms with Crippen molar-refractivity contribution in [3.63, 3.8) is 0 Å². The van der Waals surface area contributed by atoms with Gasteiger partial charge in [0, 0.05) is 43.5 Å². The van der Waals surface area contributed by atoms with Crippen molar-refractivity contribution in [2.24, 2.45) is 5.73 Å². The monoisotopic (exact) mass is 509 g/mol. The van der Waals surface area contributed by atoms with Crippen LogP contribution in [0.1, 0.15) is 21.5 Å². The lowest BCUT2D eigenvalue weighted by molar-refractivity contribution is -0.130. The van der Waals surface area contributed by atoms with Crippen molar-refractivity contribution in [1.29, 1.82) is 0 Å². The first-order chi connectivity index (χ1) is 16.0. The van der Waals surface area contributed by atoms with Gasteiger partial charge in [0.25, 0.3) is 0 Å². The van der Waals surface area contributed by atoms with Gasteiger partial charge in [-0.05, 0) is 39.7 Å². The molecule has 2 aromatic heterocycles. The molecule has 2 amide bonds. The molecule has 0 unspecified atom stereocenters. The van der Waals surface area contributed by atoms with Crippen LogP contribution in [0.5, 0.6) is 5.75 Å². The van der Waals surface area contributed by atoms with Crippen LogP contribution in [-0.2, 0) is 17.8 Å². The molecule has 0 atom stereocenters. The summed E-state index contributed by atoms with van der Waals surface area (Å²) >= 11 is 3.32. The van der Waals surface area contributed by atoms with E-state index < -0.39 is 5.91 Å². The van der Waals surface area contributed by atoms with E-state index in [1.165, 1.54) is 12.3 Å². The van der Waals surface area contributed by atoms with Gasteiger partial charge in [-0.3, -0.25) is 9.59 Å². The second kappa shape index (κ2) is 10.4. The Hall–Kier alpha value is -3.46. The zero-order valence-corrected chi connectivity index (χ0v) is 19.6. The summed E-state index contributed by atoms with van der Waals surface area (Å²) in [5.74, 6) is 0.917. The summed E-state index contributed by atoms with van der Waals surface area (Å²) in [7, 11) is 0. The molecule has 4 rings (SSSR count). The van der Waals surface area contributed by atoms with Gasteiger partial charge in [0.05, 0.1) is 12.6 Å². The van der Waals surface area contributed by atoms with E-state index in [1.54, 1.807) is 11.1 Å². The molecule has 0 aliphatic carbocycles. The molecule has 3 aromatic rings. The summed E-state index contributed by atoms with van der Waals surface area (Å²) in [5, 5.41) is 0. The lowest BCUT2D eigenvalue weighted by Gasteiger charge is -2.35. The molecule has 9 heteroatoms. The first kappa shape index (κ1) is 22.7. The summed E-state index contributed by atoms with van der Waals surface area (Å²) in [6.07, 6.45) is 3.28. The van der Waals surface area contributed by atoms with Crippen LogP contribution in [-0.4, -0.2) is 52.9 Å². The average Bonchev–Trinajstić information content (AvgIpc) is 2.85. The van der Waals surface area contributed by atoms with Crippen LogP contribution < -0.4 is 15.4 Å². The Balaban J connectivity index is 1.31. The van der Waals surface area contributed by atoms with Gasteiger partial charge in [0.2, 0.25) is 11.8 Å². The third-order valence-electron chi connectivity index (χ3n) is 5.52. The lowest BCUT2D eigenvalue weighted by atomic mass is 10.1. The molecule has 0 saturated carbocycles. The van der Waals surface area contributed by atoms with Gasteiger partial charge in [-0.1, -0.05) is 30.3 Å². The van der Waals surface area contributed by atoms with Crippen molar-refractivity contribution in [1.82, 2.24) is 14.9 Å². The Kier molecular flexibility index (Phi) is 7.19. The van der Waals surface area contributed by atoms with E-state index in [2.05, 4.69) is 30.8 Å². The number of piperazine rings is 1. The van der Waals surface area contributed by atoms with Crippen LogP contribution in [0, 0.1) is 0 Å². The highest BCUT2D eigenvalue weighted by atomic mass is 79.9. The molecule has 1 aliphatic heterocycles. The fraction of sp³-hybridized carbons (Fsp3) is 0.250. The number of anilines is 1. The maximum absolute atomic E-state index is 12.8. The van der Waals surface area contributed by atoms with E-state index in [0.29, 0.717) is 54.3 Å². The first-order valence-electron chi connectivity index (χ1n) is 10.6. The molecule has 1 aromatic carbocycles. The largest absolute Gasteiger partial charge is 0.487 e. The summed E-state index contributed by atoms with van der Waals surface area (Å²) in [4.78, 5) is 37.1. The molecule has 0 spiro atoms. The highest BCUT2D eigenvalue weighted by Crippen LogP contribution is 2.21. The van der Waals surface area contributed by atoms with Gasteiger partial charge in [-0.15, -0.1) is 0 Å². The minimum absolute atomic E-state index is 0.0662. The van der Waals surface area contributed by atoms with E-state index in [1.807, 2.05) is 42.5 Å². The van der Waals surface area contributed by atoms with Gasteiger partial charge in [0.15, 0.2) is 0 Å². The first-order valence-corrected chi connectivity index (χ1v) is 11.4. The molecule has 1 aliphatic rings. The van der Waals surface area contributed by atoms with Crippen molar-refractivity contribution < 1.29 is 14.3 Å². The van der Waals surface area contributed by atoms with Gasteiger partial charge >= 0.3 is 0 Å². The minimum Gasteiger partial charge on any atom is -0.487 e. The molecule has 1 fully saturated rings. The van der Waals surface area contributed by atoms with Crippen LogP contribution in [0.25, 0.3) is 0 Å². The SMILES string of the molecule is NC(=O)c1ccnc(Br)c1CC(=O)N1CCN(c2ccc(OCc3ccccc3)cn2)CC1. The van der Waals surface area contributed by atoms with E-state index in [9.17, 15) is 9.59 Å². The number of hydrogen-bond donors (Lipinski definition) is 1. The average molecular weight is 510 g/mol. The normalized spacial score (nSPS) is 13.6. The Morgan fingerprint density at radius 3 is 2.42 bits per heavy atom. The predicted molar refractivity (Wildman–Crippen MR) is 128 cm³/mol. The van der Waals surface area contributed by atoms with E-state index in [0.717, 1.165) is 11.4 Å². The number of pyridine rings is 2.